The number of ether oxygens (including phenoxy) is 2. The second-order valence-electron chi connectivity index (χ2n) is 4.96. The quantitative estimate of drug-likeness (QED) is 0.662. The summed E-state index contributed by atoms with van der Waals surface area (Å²) in [4.78, 5) is 11.8. The molecule has 0 saturated heterocycles. The van der Waals surface area contributed by atoms with Crippen molar-refractivity contribution in [2.45, 2.75) is 13.3 Å². The monoisotopic (exact) mass is 316 g/mol. The van der Waals surface area contributed by atoms with Gasteiger partial charge in [0.25, 0.3) is 0 Å². The maximum absolute atomic E-state index is 11.8. The van der Waals surface area contributed by atoms with Gasteiger partial charge in [0.2, 0.25) is 0 Å². The lowest BCUT2D eigenvalue weighted by molar-refractivity contribution is 0.0600. The van der Waals surface area contributed by atoms with E-state index in [0.29, 0.717) is 23.5 Å². The molecule has 0 saturated carbocycles. The summed E-state index contributed by atoms with van der Waals surface area (Å²) in [7, 11) is 1.36. The standard InChI is InChI=1S/C17H16O4S/c1-11-7-14-15(20-5-3-12-4-6-22-10-12)8-13(17(18)19-2)9-16(14)21-11/h4,6-10H,3,5H2,1-2H3. The van der Waals surface area contributed by atoms with Gasteiger partial charge in [0, 0.05) is 6.42 Å². The number of hydrogen-bond donors (Lipinski definition) is 0. The number of aryl methyl sites for hydroxylation is 1. The number of fused-ring (bicyclic) bond motifs is 1. The number of esters is 1. The van der Waals surface area contributed by atoms with Gasteiger partial charge in [-0.2, -0.15) is 11.3 Å². The van der Waals surface area contributed by atoms with Crippen LogP contribution >= 0.6 is 11.3 Å². The maximum atomic E-state index is 11.8. The molecular weight excluding hydrogens is 300 g/mol. The van der Waals surface area contributed by atoms with Gasteiger partial charge in [-0.1, -0.05) is 0 Å². The molecule has 0 spiro atoms. The Morgan fingerprint density at radius 3 is 2.91 bits per heavy atom. The molecule has 0 atom stereocenters. The fourth-order valence-corrected chi connectivity index (χ4v) is 3.01. The zero-order chi connectivity index (χ0) is 15.5. The average molecular weight is 316 g/mol. The number of methoxy groups -OCH3 is 1. The summed E-state index contributed by atoms with van der Waals surface area (Å²) in [6.07, 6.45) is 0.824. The van der Waals surface area contributed by atoms with Crippen molar-refractivity contribution in [3.8, 4) is 5.75 Å². The Balaban J connectivity index is 1.87. The van der Waals surface area contributed by atoms with Gasteiger partial charge in [0.05, 0.1) is 24.7 Å². The maximum Gasteiger partial charge on any atom is 0.338 e. The number of carbonyl (C=O) groups excluding carboxylic acids is 1. The van der Waals surface area contributed by atoms with Crippen LogP contribution in [0.2, 0.25) is 0 Å². The van der Waals surface area contributed by atoms with Crippen molar-refractivity contribution in [2.24, 2.45) is 0 Å². The zero-order valence-electron chi connectivity index (χ0n) is 12.4. The first-order valence-electron chi connectivity index (χ1n) is 6.94. The second-order valence-corrected chi connectivity index (χ2v) is 5.74. The van der Waals surface area contributed by atoms with Crippen molar-refractivity contribution in [1.29, 1.82) is 0 Å². The summed E-state index contributed by atoms with van der Waals surface area (Å²) in [5, 5.41) is 5.02. The second kappa shape index (κ2) is 6.23. The van der Waals surface area contributed by atoms with Crippen LogP contribution in [0.4, 0.5) is 0 Å². The van der Waals surface area contributed by atoms with Gasteiger partial charge in [-0.05, 0) is 47.5 Å². The van der Waals surface area contributed by atoms with Crippen molar-refractivity contribution >= 4 is 28.3 Å². The van der Waals surface area contributed by atoms with Gasteiger partial charge < -0.3 is 13.9 Å². The SMILES string of the molecule is COC(=O)c1cc(OCCc2ccsc2)c2cc(C)oc2c1. The summed E-state index contributed by atoms with van der Waals surface area (Å²) in [5.41, 5.74) is 2.30. The normalized spacial score (nSPS) is 10.8. The Hall–Kier alpha value is -2.27. The molecule has 0 aliphatic heterocycles. The molecular formula is C17H16O4S. The van der Waals surface area contributed by atoms with Crippen molar-refractivity contribution in [2.75, 3.05) is 13.7 Å². The van der Waals surface area contributed by atoms with E-state index < -0.39 is 5.97 Å². The van der Waals surface area contributed by atoms with Crippen LogP contribution in [-0.2, 0) is 11.2 Å². The van der Waals surface area contributed by atoms with E-state index >= 15 is 0 Å². The molecule has 0 N–H and O–H groups in total. The number of benzene rings is 1. The molecule has 0 bridgehead atoms. The molecule has 3 rings (SSSR count). The van der Waals surface area contributed by atoms with Gasteiger partial charge in [-0.25, -0.2) is 4.79 Å². The highest BCUT2D eigenvalue weighted by Crippen LogP contribution is 2.31. The minimum atomic E-state index is -0.404. The first-order chi connectivity index (χ1) is 10.7. The predicted octanol–water partition coefficient (Wildman–Crippen LogP) is 4.21. The Morgan fingerprint density at radius 2 is 2.18 bits per heavy atom. The van der Waals surface area contributed by atoms with Crippen LogP contribution in [0.15, 0.2) is 39.4 Å². The lowest BCUT2D eigenvalue weighted by Gasteiger charge is -2.08. The molecule has 0 aliphatic rings. The van der Waals surface area contributed by atoms with Gasteiger partial charge in [-0.15, -0.1) is 0 Å². The van der Waals surface area contributed by atoms with E-state index in [0.717, 1.165) is 17.6 Å². The topological polar surface area (TPSA) is 48.7 Å². The van der Waals surface area contributed by atoms with Gasteiger partial charge >= 0.3 is 5.97 Å². The van der Waals surface area contributed by atoms with Crippen LogP contribution in [0.5, 0.6) is 5.75 Å². The molecule has 0 unspecified atom stereocenters. The largest absolute Gasteiger partial charge is 0.492 e. The minimum absolute atomic E-state index is 0.404. The smallest absolute Gasteiger partial charge is 0.338 e. The van der Waals surface area contributed by atoms with E-state index in [9.17, 15) is 4.79 Å². The van der Waals surface area contributed by atoms with Gasteiger partial charge in [-0.3, -0.25) is 0 Å². The molecule has 4 nitrogen and oxygen atoms in total. The summed E-state index contributed by atoms with van der Waals surface area (Å²) >= 11 is 1.67. The van der Waals surface area contributed by atoms with E-state index in [2.05, 4.69) is 11.4 Å². The summed E-state index contributed by atoms with van der Waals surface area (Å²) < 4.78 is 16.3. The van der Waals surface area contributed by atoms with E-state index in [4.69, 9.17) is 13.9 Å². The number of hydrogen-bond acceptors (Lipinski definition) is 5. The molecule has 0 aliphatic carbocycles. The third-order valence-corrected chi connectivity index (χ3v) is 4.10. The third-order valence-electron chi connectivity index (χ3n) is 3.37. The number of carbonyl (C=O) groups is 1. The molecule has 0 amide bonds. The lowest BCUT2D eigenvalue weighted by Crippen LogP contribution is -2.04. The van der Waals surface area contributed by atoms with Crippen LogP contribution in [0, 0.1) is 6.92 Å². The molecule has 3 aromatic rings. The number of furan rings is 1. The first-order valence-corrected chi connectivity index (χ1v) is 7.88. The Bertz CT molecular complexity index is 786. The molecule has 22 heavy (non-hydrogen) atoms. The molecule has 5 heteroatoms. The highest BCUT2D eigenvalue weighted by atomic mass is 32.1. The van der Waals surface area contributed by atoms with Crippen molar-refractivity contribution in [1.82, 2.24) is 0 Å². The fourth-order valence-electron chi connectivity index (χ4n) is 2.30. The highest BCUT2D eigenvalue weighted by Gasteiger charge is 2.14. The fraction of sp³-hybridized carbons (Fsp3) is 0.235. The van der Waals surface area contributed by atoms with Crippen LogP contribution in [0.3, 0.4) is 0 Å². The van der Waals surface area contributed by atoms with Crippen LogP contribution in [-0.4, -0.2) is 19.7 Å². The van der Waals surface area contributed by atoms with Crippen LogP contribution in [0.1, 0.15) is 21.7 Å². The highest BCUT2D eigenvalue weighted by molar-refractivity contribution is 7.07. The lowest BCUT2D eigenvalue weighted by atomic mass is 10.1. The summed E-state index contributed by atoms with van der Waals surface area (Å²) in [6, 6.07) is 7.38. The zero-order valence-corrected chi connectivity index (χ0v) is 13.2. The molecule has 2 aromatic heterocycles. The van der Waals surface area contributed by atoms with E-state index in [1.54, 1.807) is 23.5 Å². The number of rotatable bonds is 5. The van der Waals surface area contributed by atoms with E-state index in [1.807, 2.05) is 18.4 Å². The van der Waals surface area contributed by atoms with Crippen LogP contribution < -0.4 is 4.74 Å². The minimum Gasteiger partial charge on any atom is -0.492 e. The van der Waals surface area contributed by atoms with Crippen LogP contribution in [0.25, 0.3) is 11.0 Å². The summed E-state index contributed by atoms with van der Waals surface area (Å²) in [6.45, 7) is 2.41. The predicted molar refractivity (Wildman–Crippen MR) is 85.8 cm³/mol. The molecule has 2 heterocycles. The van der Waals surface area contributed by atoms with Gasteiger partial charge in [0.1, 0.15) is 17.1 Å². The third kappa shape index (κ3) is 2.99. The van der Waals surface area contributed by atoms with Crippen molar-refractivity contribution in [3.63, 3.8) is 0 Å². The Labute approximate surface area is 132 Å². The molecule has 0 radical (unpaired) electrons. The summed E-state index contributed by atoms with van der Waals surface area (Å²) in [5.74, 6) is 1.02. The Kier molecular flexibility index (Phi) is 4.15. The molecule has 114 valence electrons. The average Bonchev–Trinajstić information content (AvgIpc) is 3.14. The van der Waals surface area contributed by atoms with Crippen molar-refractivity contribution < 1.29 is 18.7 Å². The van der Waals surface area contributed by atoms with E-state index in [-0.39, 0.29) is 0 Å². The molecule has 1 aromatic carbocycles. The first kappa shape index (κ1) is 14.7. The number of thiophene rings is 1. The Morgan fingerprint density at radius 1 is 1.32 bits per heavy atom. The van der Waals surface area contributed by atoms with E-state index in [1.165, 1.54) is 12.7 Å². The van der Waals surface area contributed by atoms with Gasteiger partial charge in [0.15, 0.2) is 0 Å². The molecule has 0 fully saturated rings. The van der Waals surface area contributed by atoms with Crippen molar-refractivity contribution in [3.05, 3.63) is 51.9 Å².